The molecular formula is C23H25FN6O2. The molecule has 0 aliphatic carbocycles. The second-order valence-electron chi connectivity index (χ2n) is 8.06. The van der Waals surface area contributed by atoms with Crippen LogP contribution in [-0.2, 0) is 11.3 Å². The molecule has 166 valence electrons. The van der Waals surface area contributed by atoms with Gasteiger partial charge in [0.05, 0.1) is 17.9 Å². The maximum absolute atomic E-state index is 13.1. The summed E-state index contributed by atoms with van der Waals surface area (Å²) in [6.45, 7) is 6.00. The smallest absolute Gasteiger partial charge is 0.340 e. The van der Waals surface area contributed by atoms with Crippen molar-refractivity contribution in [2.24, 2.45) is 0 Å². The number of aromatic nitrogens is 4. The number of pyridine rings is 2. The molecule has 1 amide bonds. The maximum Gasteiger partial charge on any atom is 0.348 e. The predicted octanol–water partition coefficient (Wildman–Crippen LogP) is 3.20. The Morgan fingerprint density at radius 1 is 1.16 bits per heavy atom. The topological polar surface area (TPSA) is 93.0 Å². The second-order valence-corrected chi connectivity index (χ2v) is 8.06. The number of amides is 1. The molecule has 1 saturated heterocycles. The summed E-state index contributed by atoms with van der Waals surface area (Å²) in [6, 6.07) is 8.27. The average molecular weight is 436 g/mol. The third-order valence-electron chi connectivity index (χ3n) is 5.53. The lowest BCUT2D eigenvalue weighted by Gasteiger charge is -2.25. The summed E-state index contributed by atoms with van der Waals surface area (Å²) in [5, 5.41) is 3.16. The number of rotatable bonds is 5. The van der Waals surface area contributed by atoms with Gasteiger partial charge in [-0.3, -0.25) is 14.3 Å². The minimum Gasteiger partial charge on any atom is -0.340 e. The molecule has 0 radical (unpaired) electrons. The summed E-state index contributed by atoms with van der Waals surface area (Å²) in [4.78, 5) is 39.8. The molecule has 0 spiro atoms. The van der Waals surface area contributed by atoms with E-state index < -0.39 is 11.5 Å². The SMILES string of the molecule is Cc1cc(Nc2ccc(F)cn2)cc(C2CCCN2C(=O)Cn2c(C)cc(C)nc2=O)n1. The van der Waals surface area contributed by atoms with E-state index in [4.69, 9.17) is 0 Å². The fourth-order valence-electron chi connectivity index (χ4n) is 4.10. The molecule has 1 aliphatic rings. The molecular weight excluding hydrogens is 411 g/mol. The van der Waals surface area contributed by atoms with Crippen molar-refractivity contribution in [2.45, 2.75) is 46.2 Å². The molecule has 4 heterocycles. The van der Waals surface area contributed by atoms with Crippen LogP contribution < -0.4 is 11.0 Å². The van der Waals surface area contributed by atoms with Gasteiger partial charge in [0.2, 0.25) is 5.91 Å². The number of carbonyl (C=O) groups is 1. The number of aryl methyl sites for hydroxylation is 3. The van der Waals surface area contributed by atoms with E-state index in [0.29, 0.717) is 23.8 Å². The van der Waals surface area contributed by atoms with Crippen LogP contribution in [-0.4, -0.2) is 36.9 Å². The monoisotopic (exact) mass is 436 g/mol. The molecule has 1 unspecified atom stereocenters. The number of nitrogens with zero attached hydrogens (tertiary/aromatic N) is 5. The molecule has 1 aliphatic heterocycles. The lowest BCUT2D eigenvalue weighted by Crippen LogP contribution is -2.37. The fraction of sp³-hybridized carbons (Fsp3) is 0.348. The van der Waals surface area contributed by atoms with Crippen molar-refractivity contribution in [2.75, 3.05) is 11.9 Å². The van der Waals surface area contributed by atoms with E-state index >= 15 is 0 Å². The van der Waals surface area contributed by atoms with E-state index in [0.717, 1.165) is 36.1 Å². The van der Waals surface area contributed by atoms with Crippen LogP contribution in [0.4, 0.5) is 15.9 Å². The van der Waals surface area contributed by atoms with E-state index in [1.54, 1.807) is 30.9 Å². The highest BCUT2D eigenvalue weighted by molar-refractivity contribution is 5.77. The van der Waals surface area contributed by atoms with Crippen LogP contribution in [0.15, 0.2) is 41.3 Å². The minimum atomic E-state index is -0.418. The zero-order valence-electron chi connectivity index (χ0n) is 18.3. The Kier molecular flexibility index (Phi) is 5.98. The molecule has 32 heavy (non-hydrogen) atoms. The largest absolute Gasteiger partial charge is 0.348 e. The summed E-state index contributed by atoms with van der Waals surface area (Å²) in [6.07, 6.45) is 2.79. The number of hydrogen-bond donors (Lipinski definition) is 1. The van der Waals surface area contributed by atoms with Gasteiger partial charge in [0.15, 0.2) is 0 Å². The van der Waals surface area contributed by atoms with E-state index in [-0.39, 0.29) is 18.5 Å². The zero-order chi connectivity index (χ0) is 22.8. The molecule has 0 aromatic carbocycles. The number of hydrogen-bond acceptors (Lipinski definition) is 6. The Labute approximate surface area is 185 Å². The molecule has 1 N–H and O–H groups in total. The predicted molar refractivity (Wildman–Crippen MR) is 118 cm³/mol. The summed E-state index contributed by atoms with van der Waals surface area (Å²) < 4.78 is 14.5. The van der Waals surface area contributed by atoms with Crippen molar-refractivity contribution in [1.29, 1.82) is 0 Å². The van der Waals surface area contributed by atoms with Crippen LogP contribution in [0.1, 0.15) is 41.7 Å². The van der Waals surface area contributed by atoms with Crippen LogP contribution >= 0.6 is 0 Å². The molecule has 3 aromatic rings. The molecule has 3 aromatic heterocycles. The van der Waals surface area contributed by atoms with Crippen LogP contribution in [0.25, 0.3) is 0 Å². The molecule has 0 bridgehead atoms. The minimum absolute atomic E-state index is 0.0507. The van der Waals surface area contributed by atoms with Gasteiger partial charge < -0.3 is 10.2 Å². The first-order valence-electron chi connectivity index (χ1n) is 10.5. The van der Waals surface area contributed by atoms with E-state index in [9.17, 15) is 14.0 Å². The number of halogens is 1. The third kappa shape index (κ3) is 4.66. The van der Waals surface area contributed by atoms with E-state index in [1.165, 1.54) is 10.6 Å². The Morgan fingerprint density at radius 3 is 2.66 bits per heavy atom. The first-order chi connectivity index (χ1) is 15.3. The van der Waals surface area contributed by atoms with Gasteiger partial charge in [-0.1, -0.05) is 0 Å². The summed E-state index contributed by atoms with van der Waals surface area (Å²) >= 11 is 0. The van der Waals surface area contributed by atoms with Crippen LogP contribution in [0.3, 0.4) is 0 Å². The normalized spacial score (nSPS) is 15.8. The number of likely N-dealkylation sites (tertiary alicyclic amines) is 1. The second kappa shape index (κ2) is 8.86. The van der Waals surface area contributed by atoms with Crippen molar-refractivity contribution in [3.63, 3.8) is 0 Å². The van der Waals surface area contributed by atoms with Crippen LogP contribution in [0, 0.1) is 26.6 Å². The average Bonchev–Trinajstić information content (AvgIpc) is 3.22. The quantitative estimate of drug-likeness (QED) is 0.660. The Balaban J connectivity index is 1.56. The lowest BCUT2D eigenvalue weighted by molar-refractivity contribution is -0.133. The van der Waals surface area contributed by atoms with Crippen molar-refractivity contribution in [3.05, 3.63) is 75.6 Å². The fourth-order valence-corrected chi connectivity index (χ4v) is 4.10. The number of nitrogens with one attached hydrogen (secondary N) is 1. The van der Waals surface area contributed by atoms with Gasteiger partial charge in [-0.25, -0.2) is 14.2 Å². The van der Waals surface area contributed by atoms with Crippen molar-refractivity contribution < 1.29 is 9.18 Å². The Morgan fingerprint density at radius 2 is 1.94 bits per heavy atom. The van der Waals surface area contributed by atoms with Gasteiger partial charge in [-0.2, -0.15) is 4.98 Å². The van der Waals surface area contributed by atoms with Crippen molar-refractivity contribution in [1.82, 2.24) is 24.4 Å². The lowest BCUT2D eigenvalue weighted by atomic mass is 10.1. The standard InChI is InChI=1S/C23H25FN6O2/c1-14-9-16(3)30(23(32)27-14)13-22(31)29-8-4-5-20(29)19-11-18(10-15(2)26-19)28-21-7-6-17(24)12-25-21/h6-7,9-12,20H,4-5,8,13H2,1-3H3,(H,25,26,28). The highest BCUT2D eigenvalue weighted by Crippen LogP contribution is 2.33. The summed E-state index contributed by atoms with van der Waals surface area (Å²) in [5.74, 6) is -0.0224. The summed E-state index contributed by atoms with van der Waals surface area (Å²) in [5.41, 5.74) is 3.25. The highest BCUT2D eigenvalue weighted by atomic mass is 19.1. The Bertz CT molecular complexity index is 1210. The van der Waals surface area contributed by atoms with Crippen molar-refractivity contribution in [3.8, 4) is 0 Å². The van der Waals surface area contributed by atoms with Gasteiger partial charge in [0.25, 0.3) is 0 Å². The molecule has 8 nitrogen and oxygen atoms in total. The Hall–Kier alpha value is -3.62. The van der Waals surface area contributed by atoms with Crippen LogP contribution in [0.5, 0.6) is 0 Å². The van der Waals surface area contributed by atoms with E-state index in [1.807, 2.05) is 19.1 Å². The molecule has 1 fully saturated rings. The maximum atomic E-state index is 13.1. The van der Waals surface area contributed by atoms with Gasteiger partial charge in [-0.05, 0) is 63.9 Å². The molecule has 0 saturated carbocycles. The first kappa shape index (κ1) is 21.6. The van der Waals surface area contributed by atoms with Gasteiger partial charge in [0.1, 0.15) is 18.2 Å². The van der Waals surface area contributed by atoms with Gasteiger partial charge in [0, 0.05) is 29.3 Å². The number of carbonyl (C=O) groups excluding carboxylic acids is 1. The zero-order valence-corrected chi connectivity index (χ0v) is 18.3. The summed E-state index contributed by atoms with van der Waals surface area (Å²) in [7, 11) is 0. The van der Waals surface area contributed by atoms with Crippen LogP contribution in [0.2, 0.25) is 0 Å². The number of anilines is 2. The molecule has 1 atom stereocenters. The molecule has 9 heteroatoms. The first-order valence-corrected chi connectivity index (χ1v) is 10.5. The third-order valence-corrected chi connectivity index (χ3v) is 5.53. The highest BCUT2D eigenvalue weighted by Gasteiger charge is 2.31. The molecule has 4 rings (SSSR count). The van der Waals surface area contributed by atoms with Gasteiger partial charge in [-0.15, -0.1) is 0 Å². The van der Waals surface area contributed by atoms with E-state index in [2.05, 4.69) is 20.3 Å². The van der Waals surface area contributed by atoms with Gasteiger partial charge >= 0.3 is 5.69 Å². The van der Waals surface area contributed by atoms with Crippen molar-refractivity contribution >= 4 is 17.4 Å².